The fraction of sp³-hybridized carbons (Fsp3) is 0.500. The van der Waals surface area contributed by atoms with Gasteiger partial charge in [0.2, 0.25) is 0 Å². The zero-order valence-corrected chi connectivity index (χ0v) is 11.9. The molecule has 1 aromatic rings. The van der Waals surface area contributed by atoms with Gasteiger partial charge in [-0.25, -0.2) is 0 Å². The van der Waals surface area contributed by atoms with Crippen molar-refractivity contribution in [1.29, 1.82) is 0 Å². The standard InChI is InChI=1S/C14H19ClN2O2/c1-11-8-13(15)3-2-12(11)9-16-4-6-17(7-5-16)10-14(18)19/h2-3,8H,4-7,9-10H2,1H3,(H,18,19). The molecule has 0 saturated carbocycles. The van der Waals surface area contributed by atoms with Crippen LogP contribution in [0.1, 0.15) is 11.1 Å². The van der Waals surface area contributed by atoms with Gasteiger partial charge in [0, 0.05) is 37.7 Å². The van der Waals surface area contributed by atoms with E-state index < -0.39 is 5.97 Å². The Bertz CT molecular complexity index is 457. The van der Waals surface area contributed by atoms with Gasteiger partial charge in [-0.15, -0.1) is 0 Å². The van der Waals surface area contributed by atoms with Crippen molar-refractivity contribution >= 4 is 17.6 Å². The largest absolute Gasteiger partial charge is 0.480 e. The summed E-state index contributed by atoms with van der Waals surface area (Å²) in [6.07, 6.45) is 0. The highest BCUT2D eigenvalue weighted by atomic mass is 35.5. The first-order chi connectivity index (χ1) is 9.04. The summed E-state index contributed by atoms with van der Waals surface area (Å²) in [5.41, 5.74) is 2.50. The smallest absolute Gasteiger partial charge is 0.317 e. The number of nitrogens with zero attached hydrogens (tertiary/aromatic N) is 2. The maximum Gasteiger partial charge on any atom is 0.317 e. The van der Waals surface area contributed by atoms with Crippen LogP contribution in [0.2, 0.25) is 5.02 Å². The molecule has 0 atom stereocenters. The van der Waals surface area contributed by atoms with Crippen molar-refractivity contribution in [3.63, 3.8) is 0 Å². The lowest BCUT2D eigenvalue weighted by Gasteiger charge is -2.34. The van der Waals surface area contributed by atoms with Gasteiger partial charge in [-0.3, -0.25) is 14.6 Å². The Kier molecular flexibility index (Phi) is 4.80. The number of halogens is 1. The summed E-state index contributed by atoms with van der Waals surface area (Å²) in [6.45, 7) is 6.59. The maximum absolute atomic E-state index is 10.6. The number of hydrogen-bond acceptors (Lipinski definition) is 3. The Hall–Kier alpha value is -1.10. The summed E-state index contributed by atoms with van der Waals surface area (Å²) in [5.74, 6) is -0.748. The van der Waals surface area contributed by atoms with Crippen LogP contribution in [0, 0.1) is 6.92 Å². The molecule has 0 bridgehead atoms. The molecular formula is C14H19ClN2O2. The monoisotopic (exact) mass is 282 g/mol. The van der Waals surface area contributed by atoms with Gasteiger partial charge in [-0.2, -0.15) is 0 Å². The molecule has 5 heteroatoms. The highest BCUT2D eigenvalue weighted by molar-refractivity contribution is 6.30. The first-order valence-electron chi connectivity index (χ1n) is 6.46. The molecule has 0 aliphatic carbocycles. The Morgan fingerprint density at radius 3 is 2.47 bits per heavy atom. The highest BCUT2D eigenvalue weighted by Crippen LogP contribution is 2.17. The van der Waals surface area contributed by atoms with Crippen molar-refractivity contribution in [2.24, 2.45) is 0 Å². The van der Waals surface area contributed by atoms with Gasteiger partial charge in [-0.1, -0.05) is 17.7 Å². The zero-order chi connectivity index (χ0) is 13.8. The van der Waals surface area contributed by atoms with Crippen molar-refractivity contribution in [2.45, 2.75) is 13.5 Å². The van der Waals surface area contributed by atoms with E-state index in [1.54, 1.807) is 0 Å². The molecule has 0 spiro atoms. The summed E-state index contributed by atoms with van der Waals surface area (Å²) in [6, 6.07) is 5.98. The summed E-state index contributed by atoms with van der Waals surface area (Å²) in [7, 11) is 0. The second-order valence-electron chi connectivity index (χ2n) is 5.02. The third-order valence-electron chi connectivity index (χ3n) is 3.52. The van der Waals surface area contributed by atoms with Crippen LogP contribution in [0.15, 0.2) is 18.2 Å². The second-order valence-corrected chi connectivity index (χ2v) is 5.45. The number of carbonyl (C=O) groups is 1. The van der Waals surface area contributed by atoms with E-state index in [0.29, 0.717) is 0 Å². The number of aryl methyl sites for hydroxylation is 1. The molecule has 1 aliphatic heterocycles. The lowest BCUT2D eigenvalue weighted by atomic mass is 10.1. The highest BCUT2D eigenvalue weighted by Gasteiger charge is 2.18. The summed E-state index contributed by atoms with van der Waals surface area (Å²) in [4.78, 5) is 15.0. The third-order valence-corrected chi connectivity index (χ3v) is 3.76. The van der Waals surface area contributed by atoms with Gasteiger partial charge in [0.1, 0.15) is 0 Å². The van der Waals surface area contributed by atoms with Crippen molar-refractivity contribution in [3.05, 3.63) is 34.3 Å². The van der Waals surface area contributed by atoms with E-state index in [-0.39, 0.29) is 6.54 Å². The first-order valence-corrected chi connectivity index (χ1v) is 6.84. The number of carboxylic acids is 1. The molecule has 1 N–H and O–H groups in total. The molecule has 1 fully saturated rings. The SMILES string of the molecule is Cc1cc(Cl)ccc1CN1CCN(CC(=O)O)CC1. The van der Waals surface area contributed by atoms with Crippen molar-refractivity contribution in [3.8, 4) is 0 Å². The van der Waals surface area contributed by atoms with Crippen LogP contribution in [0.3, 0.4) is 0 Å². The van der Waals surface area contributed by atoms with Crippen molar-refractivity contribution in [1.82, 2.24) is 9.80 Å². The van der Waals surface area contributed by atoms with E-state index in [9.17, 15) is 4.79 Å². The number of carboxylic acid groups (broad SMARTS) is 1. The zero-order valence-electron chi connectivity index (χ0n) is 11.1. The quantitative estimate of drug-likeness (QED) is 0.915. The molecule has 104 valence electrons. The van der Waals surface area contributed by atoms with Gasteiger partial charge < -0.3 is 5.11 Å². The summed E-state index contributed by atoms with van der Waals surface area (Å²) < 4.78 is 0. The second kappa shape index (κ2) is 6.37. The molecule has 2 rings (SSSR count). The van der Waals surface area contributed by atoms with E-state index in [1.807, 2.05) is 17.0 Å². The number of benzene rings is 1. The number of rotatable bonds is 4. The van der Waals surface area contributed by atoms with E-state index in [4.69, 9.17) is 16.7 Å². The van der Waals surface area contributed by atoms with Crippen molar-refractivity contribution < 1.29 is 9.90 Å². The molecule has 0 aromatic heterocycles. The van der Waals surface area contributed by atoms with E-state index in [2.05, 4.69) is 17.9 Å². The normalized spacial score (nSPS) is 17.6. The molecular weight excluding hydrogens is 264 g/mol. The van der Waals surface area contributed by atoms with Crippen LogP contribution in [0.25, 0.3) is 0 Å². The predicted molar refractivity (Wildman–Crippen MR) is 75.5 cm³/mol. The van der Waals surface area contributed by atoms with Crippen molar-refractivity contribution in [2.75, 3.05) is 32.7 Å². The molecule has 0 radical (unpaired) electrons. The van der Waals surface area contributed by atoms with Gasteiger partial charge in [0.05, 0.1) is 6.54 Å². The third kappa shape index (κ3) is 4.20. The summed E-state index contributed by atoms with van der Waals surface area (Å²) >= 11 is 5.95. The Balaban J connectivity index is 1.87. The number of aliphatic carboxylic acids is 1. The Labute approximate surface area is 118 Å². The average Bonchev–Trinajstić information content (AvgIpc) is 2.34. The van der Waals surface area contributed by atoms with Crippen LogP contribution < -0.4 is 0 Å². The molecule has 1 aliphatic rings. The van der Waals surface area contributed by atoms with Crippen LogP contribution in [0.4, 0.5) is 0 Å². The first kappa shape index (κ1) is 14.3. The fourth-order valence-electron chi connectivity index (χ4n) is 2.37. The molecule has 1 saturated heterocycles. The predicted octanol–water partition coefficient (Wildman–Crippen LogP) is 1.85. The molecule has 19 heavy (non-hydrogen) atoms. The minimum atomic E-state index is -0.748. The minimum Gasteiger partial charge on any atom is -0.480 e. The minimum absolute atomic E-state index is 0.147. The van der Waals surface area contributed by atoms with Crippen LogP contribution in [-0.4, -0.2) is 53.6 Å². The lowest BCUT2D eigenvalue weighted by Crippen LogP contribution is -2.47. The molecule has 1 heterocycles. The van der Waals surface area contributed by atoms with Crippen LogP contribution in [-0.2, 0) is 11.3 Å². The number of piperazine rings is 1. The van der Waals surface area contributed by atoms with E-state index in [1.165, 1.54) is 11.1 Å². The van der Waals surface area contributed by atoms with Gasteiger partial charge in [0.15, 0.2) is 0 Å². The maximum atomic E-state index is 10.6. The van der Waals surface area contributed by atoms with Crippen LogP contribution >= 0.6 is 11.6 Å². The molecule has 0 amide bonds. The van der Waals surface area contributed by atoms with E-state index in [0.717, 1.165) is 37.7 Å². The van der Waals surface area contributed by atoms with Gasteiger partial charge >= 0.3 is 5.97 Å². The Morgan fingerprint density at radius 2 is 1.89 bits per heavy atom. The van der Waals surface area contributed by atoms with Gasteiger partial charge in [-0.05, 0) is 30.2 Å². The Morgan fingerprint density at radius 1 is 1.26 bits per heavy atom. The molecule has 4 nitrogen and oxygen atoms in total. The molecule has 0 unspecified atom stereocenters. The van der Waals surface area contributed by atoms with Gasteiger partial charge in [0.25, 0.3) is 0 Å². The van der Waals surface area contributed by atoms with Crippen LogP contribution in [0.5, 0.6) is 0 Å². The number of hydrogen-bond donors (Lipinski definition) is 1. The summed E-state index contributed by atoms with van der Waals surface area (Å²) in [5, 5.41) is 9.53. The molecule has 1 aromatic carbocycles. The average molecular weight is 283 g/mol. The van der Waals surface area contributed by atoms with E-state index >= 15 is 0 Å². The fourth-order valence-corrected chi connectivity index (χ4v) is 2.60. The lowest BCUT2D eigenvalue weighted by molar-refractivity contribution is -0.138. The topological polar surface area (TPSA) is 43.8 Å².